The minimum absolute atomic E-state index is 0.0968. The number of likely N-dealkylation sites (N-methyl/N-ethyl adjacent to an activating group) is 1. The summed E-state index contributed by atoms with van der Waals surface area (Å²) in [6, 6.07) is 10.7. The predicted octanol–water partition coefficient (Wildman–Crippen LogP) is 4.17. The van der Waals surface area contributed by atoms with E-state index in [0.717, 1.165) is 23.4 Å². The Kier molecular flexibility index (Phi) is 9.02. The van der Waals surface area contributed by atoms with Gasteiger partial charge in [-0.15, -0.1) is 0 Å². The molecule has 43 heavy (non-hydrogen) atoms. The zero-order valence-corrected chi connectivity index (χ0v) is 26.7. The van der Waals surface area contributed by atoms with Crippen LogP contribution in [0, 0.1) is 5.92 Å². The average Bonchev–Trinajstić information content (AvgIpc) is 3.37. The second-order valence-electron chi connectivity index (χ2n) is 12.4. The first-order valence-electron chi connectivity index (χ1n) is 15.3. The van der Waals surface area contributed by atoms with Gasteiger partial charge >= 0.3 is 0 Å². The molecule has 1 saturated heterocycles. The van der Waals surface area contributed by atoms with Gasteiger partial charge in [-0.05, 0) is 94.2 Å². The van der Waals surface area contributed by atoms with Crippen molar-refractivity contribution in [2.75, 3.05) is 43.2 Å². The Morgan fingerprint density at radius 3 is 2.53 bits per heavy atom. The maximum Gasteiger partial charge on any atom is 0.264 e. The molecular weight excluding hydrogens is 569 g/mol. The first-order valence-corrected chi connectivity index (χ1v) is 18.3. The van der Waals surface area contributed by atoms with Crippen molar-refractivity contribution >= 4 is 37.3 Å². The van der Waals surface area contributed by atoms with Gasteiger partial charge in [0.2, 0.25) is 14.3 Å². The number of nitrogens with one attached hydrogen (secondary N) is 1. The van der Waals surface area contributed by atoms with Crippen molar-refractivity contribution in [2.24, 2.45) is 5.92 Å². The minimum Gasteiger partial charge on any atom is -0.494 e. The molecule has 5 rings (SSSR count). The van der Waals surface area contributed by atoms with E-state index < -0.39 is 37.6 Å². The fourth-order valence-corrected chi connectivity index (χ4v) is 9.94. The molecule has 3 aliphatic rings. The molecule has 3 N–H and O–H groups in total. The number of fused-ring (bicyclic) bond motifs is 3. The van der Waals surface area contributed by atoms with E-state index in [4.69, 9.17) is 9.47 Å². The molecule has 9 nitrogen and oxygen atoms in total. The average molecular weight is 614 g/mol. The van der Waals surface area contributed by atoms with E-state index in [0.29, 0.717) is 42.9 Å². The Balaban J connectivity index is 1.60. The Bertz CT molecular complexity index is 1370. The Hall–Kier alpha value is -2.83. The molecule has 0 saturated carbocycles. The Labute approximate surface area is 254 Å². The lowest BCUT2D eigenvalue weighted by molar-refractivity contribution is -0.146. The second kappa shape index (κ2) is 12.3. The van der Waals surface area contributed by atoms with Crippen LogP contribution in [0.1, 0.15) is 44.2 Å². The molecule has 0 aliphatic carbocycles. The number of unbranched alkanes of at least 4 members (excludes halogenated alkanes) is 1. The summed E-state index contributed by atoms with van der Waals surface area (Å²) in [6.45, 7) is 8.11. The number of hydrogen-bond donors (Lipinski definition) is 3. The quantitative estimate of drug-likeness (QED) is 0.198. The number of ether oxygens (including phenoxy) is 2. The summed E-state index contributed by atoms with van der Waals surface area (Å²) in [5.41, 5.74) is 1.66. The van der Waals surface area contributed by atoms with Crippen LogP contribution in [-0.2, 0) is 26.3 Å². The number of aliphatic hydroxyl groups is 2. The standard InChI is InChI=1S/C32H44FN3O6Si/c1-6-41-23-10-12-26-21(17-23)18-25(34-14-7-8-15-37)30(39)36(26)22-9-11-27-24(19-22)32(31(40)35(27)3)20(2)29(43(4,5)33)28(42-32)13-16-38/h9-12,17,19-20,25,28-29,34,37-38H,6-8,13-16,18H2,1-5H3/t20-,25?,28+,29-,32+/m0/s1. The number of amides is 2. The summed E-state index contributed by atoms with van der Waals surface area (Å²) in [6.07, 6.45) is 1.52. The first-order chi connectivity index (χ1) is 20.5. The molecule has 0 radical (unpaired) electrons. The van der Waals surface area contributed by atoms with Crippen molar-refractivity contribution in [2.45, 2.75) is 75.9 Å². The lowest BCUT2D eigenvalue weighted by Crippen LogP contribution is -2.49. The summed E-state index contributed by atoms with van der Waals surface area (Å²) in [7, 11) is -1.61. The molecule has 234 valence electrons. The van der Waals surface area contributed by atoms with Crippen LogP contribution in [0.25, 0.3) is 0 Å². The fraction of sp³-hybridized carbons (Fsp3) is 0.562. The highest BCUT2D eigenvalue weighted by molar-refractivity contribution is 6.72. The molecule has 1 fully saturated rings. The molecule has 1 spiro atoms. The maximum atomic E-state index is 15.8. The molecule has 3 aliphatic heterocycles. The van der Waals surface area contributed by atoms with Crippen LogP contribution >= 0.6 is 0 Å². The van der Waals surface area contributed by atoms with Crippen LogP contribution in [0.15, 0.2) is 36.4 Å². The molecule has 3 heterocycles. The number of anilines is 3. The van der Waals surface area contributed by atoms with Crippen LogP contribution < -0.4 is 19.9 Å². The molecule has 2 aromatic rings. The van der Waals surface area contributed by atoms with Gasteiger partial charge in [0, 0.05) is 43.0 Å². The molecule has 0 bridgehead atoms. The van der Waals surface area contributed by atoms with E-state index in [-0.39, 0.29) is 31.4 Å². The third kappa shape index (κ3) is 5.39. The SMILES string of the molecule is CCOc1ccc2c(c1)CC(NCCCCO)C(=O)N2c1ccc2c(c1)[C@@]1(O[C@H](CCO)[C@@H]([Si](C)(C)F)[C@@H]1C)C(=O)N2C. The number of halogens is 1. The third-order valence-electron chi connectivity index (χ3n) is 9.27. The van der Waals surface area contributed by atoms with E-state index in [1.807, 2.05) is 50.2 Å². The number of aliphatic hydroxyl groups excluding tert-OH is 2. The van der Waals surface area contributed by atoms with Gasteiger partial charge in [0.25, 0.3) is 5.91 Å². The molecule has 1 unspecified atom stereocenters. The normalized spacial score (nSPS) is 26.8. The fourth-order valence-electron chi connectivity index (χ4n) is 7.40. The van der Waals surface area contributed by atoms with E-state index in [1.54, 1.807) is 29.9 Å². The van der Waals surface area contributed by atoms with Gasteiger partial charge in [-0.1, -0.05) is 6.92 Å². The molecule has 11 heteroatoms. The van der Waals surface area contributed by atoms with E-state index >= 15 is 4.11 Å². The smallest absolute Gasteiger partial charge is 0.264 e. The maximum absolute atomic E-state index is 15.8. The monoisotopic (exact) mass is 613 g/mol. The molecule has 5 atom stereocenters. The van der Waals surface area contributed by atoms with Gasteiger partial charge in [0.1, 0.15) is 5.75 Å². The van der Waals surface area contributed by atoms with Crippen molar-refractivity contribution in [3.63, 3.8) is 0 Å². The summed E-state index contributed by atoms with van der Waals surface area (Å²) >= 11 is 0. The van der Waals surface area contributed by atoms with Crippen molar-refractivity contribution in [3.05, 3.63) is 47.5 Å². The highest BCUT2D eigenvalue weighted by Gasteiger charge is 2.66. The van der Waals surface area contributed by atoms with Gasteiger partial charge in [-0.3, -0.25) is 14.5 Å². The van der Waals surface area contributed by atoms with Crippen LogP contribution in [0.4, 0.5) is 21.2 Å². The van der Waals surface area contributed by atoms with Gasteiger partial charge in [0.05, 0.1) is 30.1 Å². The number of nitrogens with zero attached hydrogens (tertiary/aromatic N) is 2. The topological polar surface area (TPSA) is 112 Å². The summed E-state index contributed by atoms with van der Waals surface area (Å²) in [5.74, 6) is -0.130. The second-order valence-corrected chi connectivity index (χ2v) is 16.2. The van der Waals surface area contributed by atoms with E-state index in [2.05, 4.69) is 5.32 Å². The van der Waals surface area contributed by atoms with Crippen LogP contribution in [0.3, 0.4) is 0 Å². The molecular formula is C32H44FN3O6Si. The first kappa shape index (κ1) is 31.6. The van der Waals surface area contributed by atoms with Crippen molar-refractivity contribution < 1.29 is 33.4 Å². The number of hydrogen-bond acceptors (Lipinski definition) is 7. The van der Waals surface area contributed by atoms with Crippen LogP contribution in [-0.4, -0.2) is 76.0 Å². The molecule has 0 aromatic heterocycles. The lowest BCUT2D eigenvalue weighted by atomic mass is 9.82. The van der Waals surface area contributed by atoms with Gasteiger partial charge in [-0.25, -0.2) is 0 Å². The van der Waals surface area contributed by atoms with Gasteiger partial charge in [0.15, 0.2) is 5.60 Å². The van der Waals surface area contributed by atoms with E-state index in [1.165, 1.54) is 0 Å². The Morgan fingerprint density at radius 2 is 1.86 bits per heavy atom. The third-order valence-corrected chi connectivity index (χ3v) is 11.7. The minimum atomic E-state index is -3.31. The highest BCUT2D eigenvalue weighted by atomic mass is 28.4. The zero-order chi connectivity index (χ0) is 31.1. The van der Waals surface area contributed by atoms with Crippen LogP contribution in [0.2, 0.25) is 18.6 Å². The largest absolute Gasteiger partial charge is 0.494 e. The zero-order valence-electron chi connectivity index (χ0n) is 25.7. The summed E-state index contributed by atoms with van der Waals surface area (Å²) in [4.78, 5) is 31.3. The number of benzene rings is 2. The number of carbonyl (C=O) groups excluding carboxylic acids is 2. The predicted molar refractivity (Wildman–Crippen MR) is 166 cm³/mol. The van der Waals surface area contributed by atoms with E-state index in [9.17, 15) is 19.8 Å². The molecule has 2 amide bonds. The lowest BCUT2D eigenvalue weighted by Gasteiger charge is -2.36. The number of carbonyl (C=O) groups is 2. The van der Waals surface area contributed by atoms with Gasteiger partial charge < -0.3 is 34.0 Å². The van der Waals surface area contributed by atoms with Crippen molar-refractivity contribution in [3.8, 4) is 5.75 Å². The highest BCUT2D eigenvalue weighted by Crippen LogP contribution is 2.60. The van der Waals surface area contributed by atoms with Crippen molar-refractivity contribution in [1.29, 1.82) is 0 Å². The Morgan fingerprint density at radius 1 is 1.12 bits per heavy atom. The van der Waals surface area contributed by atoms with Gasteiger partial charge in [-0.2, -0.15) is 0 Å². The summed E-state index contributed by atoms with van der Waals surface area (Å²) in [5, 5.41) is 22.4. The van der Waals surface area contributed by atoms with Crippen molar-refractivity contribution in [1.82, 2.24) is 5.32 Å². The number of rotatable bonds is 11. The van der Waals surface area contributed by atoms with Crippen LogP contribution in [0.5, 0.6) is 5.75 Å². The summed E-state index contributed by atoms with van der Waals surface area (Å²) < 4.78 is 28.1. The molecule has 2 aromatic carbocycles.